The normalized spacial score (nSPS) is 10.9. The lowest BCUT2D eigenvalue weighted by molar-refractivity contribution is 0.0701. The molecule has 3 rings (SSSR count). The molecule has 0 spiro atoms. The van der Waals surface area contributed by atoms with Gasteiger partial charge in [-0.25, -0.2) is 9.31 Å². The van der Waals surface area contributed by atoms with Crippen LogP contribution in [0, 0.1) is 6.92 Å². The Bertz CT molecular complexity index is 732. The van der Waals surface area contributed by atoms with Crippen LogP contribution in [0.5, 0.6) is 0 Å². The second-order valence-electron chi connectivity index (χ2n) is 3.67. The first-order chi connectivity index (χ1) is 8.66. The van der Waals surface area contributed by atoms with Crippen molar-refractivity contribution < 1.29 is 9.90 Å². The van der Waals surface area contributed by atoms with E-state index in [-0.39, 0.29) is 4.88 Å². The fourth-order valence-corrected chi connectivity index (χ4v) is 2.55. The fourth-order valence-electron chi connectivity index (χ4n) is 1.65. The van der Waals surface area contributed by atoms with Crippen LogP contribution in [0.4, 0.5) is 0 Å². The highest BCUT2D eigenvalue weighted by atomic mass is 32.1. The molecule has 0 aliphatic rings. The third-order valence-electron chi connectivity index (χ3n) is 2.51. The molecule has 0 aliphatic carbocycles. The number of aromatic nitrogens is 4. The average molecular weight is 260 g/mol. The van der Waals surface area contributed by atoms with Gasteiger partial charge < -0.3 is 5.11 Å². The molecule has 0 bridgehead atoms. The summed E-state index contributed by atoms with van der Waals surface area (Å²) in [7, 11) is 0. The van der Waals surface area contributed by atoms with Gasteiger partial charge in [0.25, 0.3) is 0 Å². The number of carbonyl (C=O) groups is 1. The first-order valence-corrected chi connectivity index (χ1v) is 5.99. The van der Waals surface area contributed by atoms with Gasteiger partial charge in [0, 0.05) is 6.20 Å². The molecule has 3 aromatic rings. The van der Waals surface area contributed by atoms with E-state index in [0.717, 1.165) is 11.3 Å². The molecule has 90 valence electrons. The van der Waals surface area contributed by atoms with Crippen LogP contribution in [0.3, 0.4) is 0 Å². The zero-order valence-corrected chi connectivity index (χ0v) is 10.2. The molecule has 3 aromatic heterocycles. The summed E-state index contributed by atoms with van der Waals surface area (Å²) in [5, 5.41) is 13.3. The van der Waals surface area contributed by atoms with Crippen molar-refractivity contribution in [1.29, 1.82) is 0 Å². The maximum Gasteiger partial charge on any atom is 0.347 e. The summed E-state index contributed by atoms with van der Waals surface area (Å²) in [5.74, 6) is -0.453. The first-order valence-electron chi connectivity index (χ1n) is 5.17. The van der Waals surface area contributed by atoms with Crippen molar-refractivity contribution in [2.45, 2.75) is 6.92 Å². The summed E-state index contributed by atoms with van der Waals surface area (Å²) < 4.78 is 1.54. The zero-order valence-electron chi connectivity index (χ0n) is 9.36. The number of aromatic carboxylic acids is 1. The molecule has 0 saturated carbocycles. The molecule has 6 nitrogen and oxygen atoms in total. The van der Waals surface area contributed by atoms with Crippen LogP contribution in [0.25, 0.3) is 16.5 Å². The van der Waals surface area contributed by atoms with Gasteiger partial charge >= 0.3 is 5.97 Å². The number of rotatable bonds is 2. The minimum atomic E-state index is -0.954. The van der Waals surface area contributed by atoms with Gasteiger partial charge in [0.05, 0.1) is 5.69 Å². The molecule has 0 aromatic carbocycles. The minimum absolute atomic E-state index is 0.262. The lowest BCUT2D eigenvalue weighted by Gasteiger charge is -1.92. The second kappa shape index (κ2) is 3.88. The van der Waals surface area contributed by atoms with Crippen molar-refractivity contribution in [2.24, 2.45) is 0 Å². The second-order valence-corrected chi connectivity index (χ2v) is 4.64. The van der Waals surface area contributed by atoms with Crippen molar-refractivity contribution in [2.75, 3.05) is 0 Å². The van der Waals surface area contributed by atoms with E-state index in [0.29, 0.717) is 22.2 Å². The summed E-state index contributed by atoms with van der Waals surface area (Å²) in [5.41, 5.74) is 1.25. The van der Waals surface area contributed by atoms with Crippen molar-refractivity contribution in [3.63, 3.8) is 0 Å². The monoisotopic (exact) mass is 260 g/mol. The minimum Gasteiger partial charge on any atom is -0.477 e. The van der Waals surface area contributed by atoms with E-state index < -0.39 is 5.97 Å². The number of nitrogens with zero attached hydrogens (tertiary/aromatic N) is 4. The largest absolute Gasteiger partial charge is 0.477 e. The maximum atomic E-state index is 11.0. The summed E-state index contributed by atoms with van der Waals surface area (Å²) in [6, 6.07) is 5.48. The molecule has 0 unspecified atom stereocenters. The van der Waals surface area contributed by atoms with Crippen molar-refractivity contribution in [3.05, 3.63) is 35.0 Å². The Morgan fingerprint density at radius 2 is 2.28 bits per heavy atom. The predicted octanol–water partition coefficient (Wildman–Crippen LogP) is 1.86. The van der Waals surface area contributed by atoms with Crippen LogP contribution in [-0.4, -0.2) is 30.7 Å². The Hall–Kier alpha value is -2.28. The summed E-state index contributed by atoms with van der Waals surface area (Å²) in [6.07, 6.45) is 1.67. The van der Waals surface area contributed by atoms with Gasteiger partial charge in [0.1, 0.15) is 10.6 Å². The zero-order chi connectivity index (χ0) is 12.7. The Balaban J connectivity index is 2.17. The SMILES string of the molecule is Cc1c(C(=O)O)sc2nc(-c3ccccn3)nn12. The maximum absolute atomic E-state index is 11.0. The quantitative estimate of drug-likeness (QED) is 0.760. The highest BCUT2D eigenvalue weighted by Crippen LogP contribution is 2.23. The van der Waals surface area contributed by atoms with Crippen molar-refractivity contribution >= 4 is 22.3 Å². The number of fused-ring (bicyclic) bond motifs is 1. The molecule has 0 fully saturated rings. The topological polar surface area (TPSA) is 80.4 Å². The molecule has 1 N–H and O–H groups in total. The van der Waals surface area contributed by atoms with Crippen LogP contribution in [-0.2, 0) is 0 Å². The molecule has 7 heteroatoms. The smallest absolute Gasteiger partial charge is 0.347 e. The van der Waals surface area contributed by atoms with Gasteiger partial charge in [-0.3, -0.25) is 4.98 Å². The lowest BCUT2D eigenvalue weighted by Crippen LogP contribution is -1.98. The molecule has 0 amide bonds. The van der Waals surface area contributed by atoms with Gasteiger partial charge in [0.2, 0.25) is 10.8 Å². The Labute approximate surface area is 106 Å². The number of aryl methyl sites for hydroxylation is 1. The number of carboxylic acid groups (broad SMARTS) is 1. The number of pyridine rings is 1. The number of hydrogen-bond acceptors (Lipinski definition) is 5. The van der Waals surface area contributed by atoms with E-state index in [4.69, 9.17) is 5.11 Å². The number of carboxylic acids is 1. The summed E-state index contributed by atoms with van der Waals surface area (Å²) in [6.45, 7) is 1.71. The van der Waals surface area contributed by atoms with Crippen LogP contribution in [0.1, 0.15) is 15.4 Å². The summed E-state index contributed by atoms with van der Waals surface area (Å²) in [4.78, 5) is 20.2. The van der Waals surface area contributed by atoms with Crippen LogP contribution >= 0.6 is 11.3 Å². The van der Waals surface area contributed by atoms with E-state index in [2.05, 4.69) is 15.1 Å². The third-order valence-corrected chi connectivity index (χ3v) is 3.63. The highest BCUT2D eigenvalue weighted by molar-refractivity contribution is 7.18. The summed E-state index contributed by atoms with van der Waals surface area (Å²) >= 11 is 1.11. The predicted molar refractivity (Wildman–Crippen MR) is 65.8 cm³/mol. The average Bonchev–Trinajstić information content (AvgIpc) is 2.91. The van der Waals surface area contributed by atoms with Gasteiger partial charge in [-0.05, 0) is 19.1 Å². The van der Waals surface area contributed by atoms with E-state index in [1.807, 2.05) is 18.2 Å². The molecule has 0 saturated heterocycles. The molecular weight excluding hydrogens is 252 g/mol. The van der Waals surface area contributed by atoms with Crippen LogP contribution in [0.15, 0.2) is 24.4 Å². The number of thiazole rings is 1. The number of hydrogen-bond donors (Lipinski definition) is 1. The molecule has 0 aliphatic heterocycles. The Kier molecular flexibility index (Phi) is 2.34. The molecule has 3 heterocycles. The van der Waals surface area contributed by atoms with Gasteiger partial charge in [-0.1, -0.05) is 17.4 Å². The Morgan fingerprint density at radius 3 is 2.89 bits per heavy atom. The first kappa shape index (κ1) is 10.8. The fraction of sp³-hybridized carbons (Fsp3) is 0.0909. The van der Waals surface area contributed by atoms with Crippen molar-refractivity contribution in [1.82, 2.24) is 19.6 Å². The van der Waals surface area contributed by atoms with E-state index in [9.17, 15) is 4.79 Å². The van der Waals surface area contributed by atoms with Gasteiger partial charge in [0.15, 0.2) is 0 Å². The standard InChI is InChI=1S/C11H8N4O2S/c1-6-8(10(16)17)18-11-13-9(14-15(6)11)7-4-2-3-5-12-7/h2-5H,1H3,(H,16,17). The van der Waals surface area contributed by atoms with E-state index >= 15 is 0 Å². The molecule has 0 radical (unpaired) electrons. The van der Waals surface area contributed by atoms with Gasteiger partial charge in [-0.2, -0.15) is 4.98 Å². The van der Waals surface area contributed by atoms with E-state index in [1.165, 1.54) is 4.52 Å². The molecule has 0 atom stereocenters. The third kappa shape index (κ3) is 1.56. The van der Waals surface area contributed by atoms with Crippen molar-refractivity contribution in [3.8, 4) is 11.5 Å². The van der Waals surface area contributed by atoms with Crippen LogP contribution < -0.4 is 0 Å². The van der Waals surface area contributed by atoms with E-state index in [1.54, 1.807) is 13.1 Å². The molecular formula is C11H8N4O2S. The molecule has 18 heavy (non-hydrogen) atoms. The lowest BCUT2D eigenvalue weighted by atomic mass is 10.3. The highest BCUT2D eigenvalue weighted by Gasteiger charge is 2.18. The Morgan fingerprint density at radius 1 is 1.44 bits per heavy atom. The van der Waals surface area contributed by atoms with Gasteiger partial charge in [-0.15, -0.1) is 5.10 Å². The van der Waals surface area contributed by atoms with Crippen LogP contribution in [0.2, 0.25) is 0 Å².